The van der Waals surface area contributed by atoms with E-state index in [1.54, 1.807) is 12.1 Å². The molecule has 4 heteroatoms. The van der Waals surface area contributed by atoms with Gasteiger partial charge in [-0.25, -0.2) is 9.18 Å². The Balaban J connectivity index is 1.76. The molecule has 3 aromatic rings. The van der Waals surface area contributed by atoms with Crippen molar-refractivity contribution in [3.63, 3.8) is 0 Å². The van der Waals surface area contributed by atoms with Crippen LogP contribution in [0, 0.1) is 5.82 Å². The van der Waals surface area contributed by atoms with Gasteiger partial charge in [-0.15, -0.1) is 0 Å². The Bertz CT molecular complexity index is 1050. The molecule has 3 aromatic carbocycles. The molecule has 0 spiro atoms. The second-order valence-corrected chi connectivity index (χ2v) is 7.40. The number of phenols is 1. The molecule has 0 radical (unpaired) electrons. The molecule has 1 aliphatic carbocycles. The molecule has 0 aliphatic heterocycles. The van der Waals surface area contributed by atoms with Gasteiger partial charge in [0.2, 0.25) is 0 Å². The van der Waals surface area contributed by atoms with Crippen molar-refractivity contribution in [2.24, 2.45) is 0 Å². The number of benzene rings is 3. The van der Waals surface area contributed by atoms with Crippen molar-refractivity contribution >= 4 is 12.0 Å². The van der Waals surface area contributed by atoms with Gasteiger partial charge in [0.1, 0.15) is 11.6 Å². The van der Waals surface area contributed by atoms with E-state index in [9.17, 15) is 14.3 Å². The van der Waals surface area contributed by atoms with Gasteiger partial charge in [-0.2, -0.15) is 0 Å². The van der Waals surface area contributed by atoms with Gasteiger partial charge in [0.05, 0.1) is 0 Å². The van der Waals surface area contributed by atoms with Crippen LogP contribution in [0.1, 0.15) is 46.1 Å². The summed E-state index contributed by atoms with van der Waals surface area (Å²) in [5, 5.41) is 18.7. The molecule has 2 N–H and O–H groups in total. The summed E-state index contributed by atoms with van der Waals surface area (Å²) in [5.41, 5.74) is 5.31. The Morgan fingerprint density at radius 3 is 2.34 bits per heavy atom. The van der Waals surface area contributed by atoms with Gasteiger partial charge in [-0.3, -0.25) is 0 Å². The normalized spacial score (nSPS) is 18.5. The predicted molar refractivity (Wildman–Crippen MR) is 111 cm³/mol. The summed E-state index contributed by atoms with van der Waals surface area (Å²) >= 11 is 0. The fraction of sp³-hybridized carbons (Fsp3) is 0.160. The first-order valence-electron chi connectivity index (χ1n) is 9.59. The van der Waals surface area contributed by atoms with Crippen molar-refractivity contribution in [1.29, 1.82) is 0 Å². The summed E-state index contributed by atoms with van der Waals surface area (Å²) < 4.78 is 13.5. The smallest absolute Gasteiger partial charge is 0.328 e. The standard InChI is InChI=1S/C25H21FO3/c26-20-9-6-17(7-10-20)22-12-8-19-15-21(27)11-13-23(19)25(22)18-4-1-16(2-5-18)3-14-24(28)29/h1-7,9-11,13-15,22,25,27H,8,12H2,(H,28,29). The summed E-state index contributed by atoms with van der Waals surface area (Å²) in [7, 11) is 0. The molecule has 0 amide bonds. The molecule has 4 rings (SSSR count). The van der Waals surface area contributed by atoms with E-state index in [1.807, 2.05) is 48.5 Å². The van der Waals surface area contributed by atoms with Gasteiger partial charge in [0, 0.05) is 12.0 Å². The lowest BCUT2D eigenvalue weighted by molar-refractivity contribution is -0.131. The van der Waals surface area contributed by atoms with E-state index in [0.717, 1.165) is 46.7 Å². The van der Waals surface area contributed by atoms with Gasteiger partial charge in [0.15, 0.2) is 0 Å². The lowest BCUT2D eigenvalue weighted by Crippen LogP contribution is -2.20. The minimum Gasteiger partial charge on any atom is -0.508 e. The maximum Gasteiger partial charge on any atom is 0.328 e. The zero-order valence-electron chi connectivity index (χ0n) is 15.8. The number of fused-ring (bicyclic) bond motifs is 1. The second kappa shape index (κ2) is 7.92. The molecular weight excluding hydrogens is 367 g/mol. The maximum absolute atomic E-state index is 13.5. The van der Waals surface area contributed by atoms with Crippen LogP contribution in [0.2, 0.25) is 0 Å². The molecule has 0 saturated heterocycles. The van der Waals surface area contributed by atoms with Crippen molar-refractivity contribution in [2.75, 3.05) is 0 Å². The van der Waals surface area contributed by atoms with Gasteiger partial charge in [-0.1, -0.05) is 42.5 Å². The number of hydrogen-bond donors (Lipinski definition) is 2. The molecule has 0 saturated carbocycles. The van der Waals surface area contributed by atoms with Crippen molar-refractivity contribution in [3.05, 3.63) is 106 Å². The number of aromatic hydroxyl groups is 1. The first-order chi connectivity index (χ1) is 14.0. The topological polar surface area (TPSA) is 57.5 Å². The molecule has 0 bridgehead atoms. The highest BCUT2D eigenvalue weighted by molar-refractivity contribution is 5.85. The molecular formula is C25H21FO3. The highest BCUT2D eigenvalue weighted by Crippen LogP contribution is 2.46. The number of hydrogen-bond acceptors (Lipinski definition) is 2. The van der Waals surface area contributed by atoms with E-state index in [0.29, 0.717) is 0 Å². The van der Waals surface area contributed by atoms with Gasteiger partial charge in [0.25, 0.3) is 0 Å². The van der Waals surface area contributed by atoms with Crippen LogP contribution in [0.5, 0.6) is 5.75 Å². The predicted octanol–water partition coefficient (Wildman–Crippen LogP) is 5.49. The van der Waals surface area contributed by atoms with Gasteiger partial charge >= 0.3 is 5.97 Å². The Morgan fingerprint density at radius 1 is 0.966 bits per heavy atom. The highest BCUT2D eigenvalue weighted by atomic mass is 19.1. The molecule has 0 aromatic heterocycles. The zero-order chi connectivity index (χ0) is 20.4. The molecule has 2 unspecified atom stereocenters. The van der Waals surface area contributed by atoms with E-state index in [-0.39, 0.29) is 23.4 Å². The molecule has 1 aliphatic rings. The minimum absolute atomic E-state index is 0.0716. The fourth-order valence-electron chi connectivity index (χ4n) is 4.27. The Hall–Kier alpha value is -3.40. The molecule has 0 fully saturated rings. The second-order valence-electron chi connectivity index (χ2n) is 7.40. The number of carboxylic acid groups (broad SMARTS) is 1. The quantitative estimate of drug-likeness (QED) is 0.581. The van der Waals surface area contributed by atoms with Crippen LogP contribution in [-0.4, -0.2) is 16.2 Å². The number of phenolic OH excluding ortho intramolecular Hbond substituents is 1. The van der Waals surface area contributed by atoms with Crippen molar-refractivity contribution < 1.29 is 19.4 Å². The third-order valence-corrected chi connectivity index (χ3v) is 5.60. The number of rotatable bonds is 4. The molecule has 2 atom stereocenters. The summed E-state index contributed by atoms with van der Waals surface area (Å²) in [6, 6.07) is 20.1. The van der Waals surface area contributed by atoms with E-state index in [4.69, 9.17) is 5.11 Å². The third-order valence-electron chi connectivity index (χ3n) is 5.60. The summed E-state index contributed by atoms with van der Waals surface area (Å²) in [5.74, 6) is -0.709. The summed E-state index contributed by atoms with van der Waals surface area (Å²) in [4.78, 5) is 10.7. The van der Waals surface area contributed by atoms with Crippen LogP contribution in [0.15, 0.2) is 72.8 Å². The number of carbonyl (C=O) groups is 1. The Kier molecular flexibility index (Phi) is 5.17. The van der Waals surface area contributed by atoms with Crippen LogP contribution >= 0.6 is 0 Å². The molecule has 146 valence electrons. The average Bonchev–Trinajstić information content (AvgIpc) is 2.72. The number of carboxylic acids is 1. The largest absolute Gasteiger partial charge is 0.508 e. The number of halogens is 1. The Morgan fingerprint density at radius 2 is 1.66 bits per heavy atom. The van der Waals surface area contributed by atoms with E-state index >= 15 is 0 Å². The van der Waals surface area contributed by atoms with Crippen LogP contribution in [-0.2, 0) is 11.2 Å². The van der Waals surface area contributed by atoms with Gasteiger partial charge < -0.3 is 10.2 Å². The highest BCUT2D eigenvalue weighted by Gasteiger charge is 2.32. The molecule has 3 nitrogen and oxygen atoms in total. The monoisotopic (exact) mass is 388 g/mol. The van der Waals surface area contributed by atoms with Crippen LogP contribution in [0.4, 0.5) is 4.39 Å². The Labute approximate surface area is 168 Å². The van der Waals surface area contributed by atoms with E-state index in [1.165, 1.54) is 12.1 Å². The maximum atomic E-state index is 13.5. The number of aliphatic carboxylic acids is 1. The van der Waals surface area contributed by atoms with Crippen molar-refractivity contribution in [1.82, 2.24) is 0 Å². The van der Waals surface area contributed by atoms with E-state index in [2.05, 4.69) is 0 Å². The summed E-state index contributed by atoms with van der Waals surface area (Å²) in [6.07, 6.45) is 4.43. The van der Waals surface area contributed by atoms with E-state index < -0.39 is 5.97 Å². The van der Waals surface area contributed by atoms with Crippen LogP contribution in [0.25, 0.3) is 6.08 Å². The lowest BCUT2D eigenvalue weighted by atomic mass is 9.69. The molecule has 0 heterocycles. The number of aryl methyl sites for hydroxylation is 1. The SMILES string of the molecule is O=C(O)C=Cc1ccc(C2c3ccc(O)cc3CCC2c2ccc(F)cc2)cc1. The average molecular weight is 388 g/mol. The minimum atomic E-state index is -0.980. The zero-order valence-corrected chi connectivity index (χ0v) is 15.8. The van der Waals surface area contributed by atoms with Gasteiger partial charge in [-0.05, 0) is 76.9 Å². The summed E-state index contributed by atoms with van der Waals surface area (Å²) in [6.45, 7) is 0. The first kappa shape index (κ1) is 18.9. The lowest BCUT2D eigenvalue weighted by Gasteiger charge is -2.35. The van der Waals surface area contributed by atoms with Crippen LogP contribution in [0.3, 0.4) is 0 Å². The fourth-order valence-corrected chi connectivity index (χ4v) is 4.27. The van der Waals surface area contributed by atoms with Crippen LogP contribution < -0.4 is 0 Å². The van der Waals surface area contributed by atoms with Crippen molar-refractivity contribution in [3.8, 4) is 5.75 Å². The van der Waals surface area contributed by atoms with Crippen molar-refractivity contribution in [2.45, 2.75) is 24.7 Å². The third kappa shape index (κ3) is 4.06. The first-order valence-corrected chi connectivity index (χ1v) is 9.59. The molecule has 29 heavy (non-hydrogen) atoms.